The van der Waals surface area contributed by atoms with Crippen LogP contribution in [0.1, 0.15) is 81.1 Å². The van der Waals surface area contributed by atoms with Crippen LogP contribution >= 0.6 is 11.8 Å². The summed E-state index contributed by atoms with van der Waals surface area (Å²) in [5.41, 5.74) is 5.54. The van der Waals surface area contributed by atoms with Crippen LogP contribution in [0.3, 0.4) is 0 Å². The van der Waals surface area contributed by atoms with E-state index in [4.69, 9.17) is 0 Å². The summed E-state index contributed by atoms with van der Waals surface area (Å²) in [5.74, 6) is 0.802. The van der Waals surface area contributed by atoms with E-state index in [1.807, 2.05) is 32.5 Å². The molecular formula is C34H55N2S+. The number of allylic oxidation sites excluding steroid dienone is 4. The Balaban J connectivity index is 0.000000874. The normalized spacial score (nSPS) is 12.5. The van der Waals surface area contributed by atoms with Crippen molar-refractivity contribution in [3.8, 4) is 0 Å². The molecule has 37 heavy (non-hydrogen) atoms. The van der Waals surface area contributed by atoms with Crippen LogP contribution < -0.4 is 4.90 Å². The molecule has 0 bridgehead atoms. The molecule has 3 rings (SSSR count). The average Bonchev–Trinajstić information content (AvgIpc) is 2.88. The topological polar surface area (TPSA) is 3.24 Å². The summed E-state index contributed by atoms with van der Waals surface area (Å²) in [6.45, 7) is 20.6. The monoisotopic (exact) mass is 523 g/mol. The molecule has 0 saturated heterocycles. The van der Waals surface area contributed by atoms with E-state index < -0.39 is 0 Å². The van der Waals surface area contributed by atoms with Crippen molar-refractivity contribution in [1.29, 1.82) is 0 Å². The van der Waals surface area contributed by atoms with Gasteiger partial charge >= 0.3 is 0 Å². The second-order valence-corrected chi connectivity index (χ2v) is 12.1. The van der Waals surface area contributed by atoms with Gasteiger partial charge in [-0.2, -0.15) is 0 Å². The lowest BCUT2D eigenvalue weighted by atomic mass is 10.0. The van der Waals surface area contributed by atoms with E-state index in [0.717, 1.165) is 16.9 Å². The van der Waals surface area contributed by atoms with E-state index in [1.165, 1.54) is 71.1 Å². The Morgan fingerprint density at radius 1 is 0.838 bits per heavy atom. The largest absolute Gasteiger partial charge is 0.339 e. The molecule has 0 radical (unpaired) electrons. The van der Waals surface area contributed by atoms with Crippen LogP contribution in [0.5, 0.6) is 0 Å². The van der Waals surface area contributed by atoms with Crippen molar-refractivity contribution in [1.82, 2.24) is 0 Å². The Morgan fingerprint density at radius 2 is 1.35 bits per heavy atom. The van der Waals surface area contributed by atoms with E-state index in [-0.39, 0.29) is 0 Å². The summed E-state index contributed by atoms with van der Waals surface area (Å²) in [7, 11) is 4.80. The van der Waals surface area contributed by atoms with Gasteiger partial charge in [-0.25, -0.2) is 0 Å². The number of rotatable bonds is 10. The molecule has 0 spiro atoms. The molecule has 0 fully saturated rings. The maximum Gasteiger partial charge on any atom is 0.0799 e. The maximum atomic E-state index is 2.53. The van der Waals surface area contributed by atoms with Crippen molar-refractivity contribution in [3.05, 3.63) is 71.8 Å². The second-order valence-electron chi connectivity index (χ2n) is 11.0. The number of quaternary nitrogens is 1. The molecule has 2 nitrogen and oxygen atoms in total. The summed E-state index contributed by atoms with van der Waals surface area (Å²) in [5, 5.41) is 0. The van der Waals surface area contributed by atoms with Gasteiger partial charge in [0, 0.05) is 22.8 Å². The third-order valence-corrected chi connectivity index (χ3v) is 7.82. The van der Waals surface area contributed by atoms with Gasteiger partial charge < -0.3 is 9.38 Å². The molecule has 2 aromatic carbocycles. The lowest BCUT2D eigenvalue weighted by Gasteiger charge is -2.35. The Kier molecular flexibility index (Phi) is 15.7. The molecule has 0 amide bonds. The van der Waals surface area contributed by atoms with Crippen LogP contribution in [0.4, 0.5) is 11.4 Å². The van der Waals surface area contributed by atoms with Crippen LogP contribution in [0.15, 0.2) is 81.6 Å². The van der Waals surface area contributed by atoms with Crippen molar-refractivity contribution in [2.45, 2.75) is 90.9 Å². The minimum atomic E-state index is 0.802. The minimum Gasteiger partial charge on any atom is -0.339 e. The number of fused-ring (bicyclic) bond motifs is 2. The summed E-state index contributed by atoms with van der Waals surface area (Å²) >= 11 is 1.90. The lowest BCUT2D eigenvalue weighted by molar-refractivity contribution is -0.890. The predicted molar refractivity (Wildman–Crippen MR) is 169 cm³/mol. The van der Waals surface area contributed by atoms with Gasteiger partial charge in [-0.05, 0) is 84.1 Å². The molecule has 3 heteroatoms. The number of nitrogens with zero attached hydrogens (tertiary/aromatic N) is 2. The summed E-state index contributed by atoms with van der Waals surface area (Å²) in [6, 6.07) is 17.7. The molecule has 1 aliphatic rings. The van der Waals surface area contributed by atoms with Crippen LogP contribution in [-0.4, -0.2) is 38.2 Å². The number of hydrogen-bond donors (Lipinski definition) is 0. The fourth-order valence-electron chi connectivity index (χ4n) is 4.16. The van der Waals surface area contributed by atoms with Crippen molar-refractivity contribution < 1.29 is 4.48 Å². The number of benzene rings is 2. The van der Waals surface area contributed by atoms with Gasteiger partial charge in [0.15, 0.2) is 0 Å². The van der Waals surface area contributed by atoms with Crippen molar-refractivity contribution in [2.24, 2.45) is 5.92 Å². The van der Waals surface area contributed by atoms with Gasteiger partial charge in [0.05, 0.1) is 38.6 Å². The SMILES string of the molecule is CC.CC(C)=CCCC(C)CC[N+](C)(C)CCCN1c2ccccc2Sc2ccccc21.CC=C(C)C. The van der Waals surface area contributed by atoms with Crippen molar-refractivity contribution in [2.75, 3.05) is 38.6 Å². The fraction of sp³-hybridized carbons (Fsp3) is 0.529. The number of anilines is 2. The molecule has 1 unspecified atom stereocenters. The minimum absolute atomic E-state index is 0.802. The van der Waals surface area contributed by atoms with E-state index in [1.54, 1.807) is 0 Å². The molecule has 1 aliphatic heterocycles. The predicted octanol–water partition coefficient (Wildman–Crippen LogP) is 10.5. The van der Waals surface area contributed by atoms with E-state index >= 15 is 0 Å². The van der Waals surface area contributed by atoms with Gasteiger partial charge in [0.2, 0.25) is 0 Å². The highest BCUT2D eigenvalue weighted by molar-refractivity contribution is 7.99. The molecular weight excluding hydrogens is 468 g/mol. The molecule has 0 aromatic heterocycles. The number of para-hydroxylation sites is 2. The smallest absolute Gasteiger partial charge is 0.0799 e. The van der Waals surface area contributed by atoms with Gasteiger partial charge in [0.25, 0.3) is 0 Å². The average molecular weight is 524 g/mol. The molecule has 1 heterocycles. The first-order valence-electron chi connectivity index (χ1n) is 14.3. The molecule has 0 aliphatic carbocycles. The van der Waals surface area contributed by atoms with Crippen LogP contribution in [0, 0.1) is 5.92 Å². The van der Waals surface area contributed by atoms with E-state index in [9.17, 15) is 0 Å². The van der Waals surface area contributed by atoms with Crippen molar-refractivity contribution in [3.63, 3.8) is 0 Å². The van der Waals surface area contributed by atoms with Gasteiger partial charge in [-0.1, -0.05) is 80.1 Å². The Hall–Kier alpha value is -1.97. The molecule has 0 N–H and O–H groups in total. The van der Waals surface area contributed by atoms with E-state index in [2.05, 4.69) is 114 Å². The van der Waals surface area contributed by atoms with Gasteiger partial charge in [-0.15, -0.1) is 0 Å². The highest BCUT2D eigenvalue weighted by Crippen LogP contribution is 2.47. The van der Waals surface area contributed by atoms with Crippen LogP contribution in [0.25, 0.3) is 0 Å². The zero-order valence-corrected chi connectivity index (χ0v) is 26.4. The fourth-order valence-corrected chi connectivity index (χ4v) is 5.26. The second kappa shape index (κ2) is 17.5. The first-order valence-corrected chi connectivity index (χ1v) is 15.1. The maximum absolute atomic E-state index is 2.53. The standard InChI is InChI=1S/C27H39N2S.C5H10.C2H6/c1-22(2)12-10-13-23(3)18-21-29(4,5)20-11-19-28-24-14-6-8-16-26(24)30-27-17-9-7-15-25(27)28;1-4-5(2)3;1-2/h6-9,12,14-17,23H,10-11,13,18-21H2,1-5H3;4H,1-3H3;1-2H3/q+1;;. The third kappa shape index (κ3) is 12.4. The highest BCUT2D eigenvalue weighted by atomic mass is 32.2. The quantitative estimate of drug-likeness (QED) is 0.225. The molecule has 0 saturated carbocycles. The molecule has 1 atom stereocenters. The van der Waals surface area contributed by atoms with Crippen LogP contribution in [-0.2, 0) is 0 Å². The first-order chi connectivity index (χ1) is 17.6. The summed E-state index contributed by atoms with van der Waals surface area (Å²) < 4.78 is 1.11. The lowest BCUT2D eigenvalue weighted by Crippen LogP contribution is -2.43. The highest BCUT2D eigenvalue weighted by Gasteiger charge is 2.24. The summed E-state index contributed by atoms with van der Waals surface area (Å²) in [6.07, 6.45) is 9.51. The van der Waals surface area contributed by atoms with Gasteiger partial charge in [-0.3, -0.25) is 0 Å². The Bertz CT molecular complexity index is 920. The Labute approximate surface area is 234 Å². The van der Waals surface area contributed by atoms with E-state index in [0.29, 0.717) is 0 Å². The van der Waals surface area contributed by atoms with Crippen LogP contribution in [0.2, 0.25) is 0 Å². The van der Waals surface area contributed by atoms with Gasteiger partial charge in [0.1, 0.15) is 0 Å². The van der Waals surface area contributed by atoms with Crippen molar-refractivity contribution >= 4 is 23.1 Å². The summed E-state index contributed by atoms with van der Waals surface area (Å²) in [4.78, 5) is 5.27. The number of hydrogen-bond acceptors (Lipinski definition) is 2. The third-order valence-electron chi connectivity index (χ3n) is 6.69. The molecule has 206 valence electrons. The molecule has 2 aromatic rings. The first kappa shape index (κ1) is 33.1. The zero-order chi connectivity index (χ0) is 27.8. The zero-order valence-electron chi connectivity index (χ0n) is 25.6. The Morgan fingerprint density at radius 3 is 1.84 bits per heavy atom.